The van der Waals surface area contributed by atoms with Crippen LogP contribution in [0.15, 0.2) is 75.4 Å². The number of likely N-dealkylation sites (N-methyl/N-ethyl adjacent to an activating group) is 1. The Labute approximate surface area is 390 Å². The number of aromatic nitrogens is 4. The number of benzene rings is 1. The van der Waals surface area contributed by atoms with Crippen LogP contribution in [0.1, 0.15) is 61.9 Å². The summed E-state index contributed by atoms with van der Waals surface area (Å²) in [6, 6.07) is 6.06. The highest BCUT2D eigenvalue weighted by molar-refractivity contribution is 8.00. The lowest BCUT2D eigenvalue weighted by Crippen LogP contribution is -2.49. The number of rotatable bonds is 25. The van der Waals surface area contributed by atoms with Crippen LogP contribution in [0, 0.1) is 5.82 Å². The molecular formula is C43H54ClFN12O8S. The first-order valence-corrected chi connectivity index (χ1v) is 23.1. The van der Waals surface area contributed by atoms with Gasteiger partial charge in [0, 0.05) is 66.0 Å². The van der Waals surface area contributed by atoms with Gasteiger partial charge in [-0.2, -0.15) is 22.0 Å². The number of halogens is 2. The third-order valence-electron chi connectivity index (χ3n) is 11.4. The number of methoxy groups -OCH3 is 1. The summed E-state index contributed by atoms with van der Waals surface area (Å²) < 4.78 is 38.1. The number of unbranched alkanes of at least 4 members (excludes halogenated alkanes) is 1. The van der Waals surface area contributed by atoms with Gasteiger partial charge in [0.05, 0.1) is 82.8 Å². The summed E-state index contributed by atoms with van der Waals surface area (Å²) in [6.07, 6.45) is 7.94. The summed E-state index contributed by atoms with van der Waals surface area (Å²) in [5.74, 6) is -0.362. The van der Waals surface area contributed by atoms with E-state index in [0.717, 1.165) is 24.7 Å². The van der Waals surface area contributed by atoms with E-state index < -0.39 is 29.5 Å². The Hall–Kier alpha value is -5.55. The fourth-order valence-corrected chi connectivity index (χ4v) is 9.76. The zero-order valence-electron chi connectivity index (χ0n) is 36.9. The van der Waals surface area contributed by atoms with Crippen molar-refractivity contribution < 1.29 is 42.5 Å². The van der Waals surface area contributed by atoms with Crippen molar-refractivity contribution >= 4 is 53.0 Å². The number of nitrogens with one attached hydrogen (secondary N) is 4. The second kappa shape index (κ2) is 22.8. The molecule has 23 heteroatoms. The molecule has 6 heterocycles. The first kappa shape index (κ1) is 48.4. The molecule has 20 nitrogen and oxygen atoms in total. The van der Waals surface area contributed by atoms with E-state index in [1.165, 1.54) is 19.2 Å². The Morgan fingerprint density at radius 1 is 1.06 bits per heavy atom. The quantitative estimate of drug-likeness (QED) is 0.0542. The van der Waals surface area contributed by atoms with E-state index >= 15 is 0 Å². The molecule has 2 fully saturated rings. The van der Waals surface area contributed by atoms with E-state index in [1.807, 2.05) is 25.7 Å². The first-order chi connectivity index (χ1) is 31.9. The molecule has 0 radical (unpaired) electrons. The van der Waals surface area contributed by atoms with Crippen LogP contribution in [0.5, 0.6) is 0 Å². The molecule has 66 heavy (non-hydrogen) atoms. The minimum absolute atomic E-state index is 0.0242. The predicted molar refractivity (Wildman–Crippen MR) is 240 cm³/mol. The molecular weight excluding hydrogens is 899 g/mol. The Morgan fingerprint density at radius 2 is 1.85 bits per heavy atom. The fourth-order valence-electron chi connectivity index (χ4n) is 7.82. The molecule has 1 aromatic carbocycles. The molecule has 2 aromatic heterocycles. The second-order valence-electron chi connectivity index (χ2n) is 16.3. The topological polar surface area (TPSA) is 237 Å². The van der Waals surface area contributed by atoms with Crippen molar-refractivity contribution in [1.82, 2.24) is 46.1 Å². The number of thioether (sulfide) groups is 1. The van der Waals surface area contributed by atoms with Gasteiger partial charge in [0.1, 0.15) is 29.4 Å². The van der Waals surface area contributed by atoms with E-state index in [9.17, 15) is 23.6 Å². The number of hydrogen-bond donors (Lipinski definition) is 4. The van der Waals surface area contributed by atoms with Crippen LogP contribution in [0.25, 0.3) is 0 Å². The Bertz CT molecular complexity index is 2300. The molecule has 4 amide bonds. The number of carbonyl (C=O) groups excluding carboxylic acids is 4. The number of carbonyl (C=O) groups is 4. The second-order valence-corrected chi connectivity index (χ2v) is 18.0. The predicted octanol–water partition coefficient (Wildman–Crippen LogP) is 3.47. The van der Waals surface area contributed by atoms with E-state index in [1.54, 1.807) is 40.3 Å². The Kier molecular flexibility index (Phi) is 16.7. The number of hydrogen-bond acceptors (Lipinski definition) is 16. The minimum atomic E-state index is -0.918. The number of esters is 1. The van der Waals surface area contributed by atoms with E-state index in [0.29, 0.717) is 72.8 Å². The molecule has 5 atom stereocenters. The monoisotopic (exact) mass is 952 g/mol. The lowest BCUT2D eigenvalue weighted by molar-refractivity contribution is -0.136. The number of pyridine rings is 1. The number of ether oxygens (including phenoxy) is 4. The molecule has 4 aliphatic rings. The van der Waals surface area contributed by atoms with Crippen molar-refractivity contribution in [2.75, 3.05) is 59.5 Å². The maximum Gasteiger partial charge on any atom is 0.338 e. The number of nitrogens with zero attached hydrogens (tertiary/aromatic N) is 8. The highest BCUT2D eigenvalue weighted by Crippen LogP contribution is 2.38. The standard InChI is InChI=1S/C43H54ClFN12O8S/c1-43(53-54-43)21-31(48-35(58)7-5-4-6-34-38-33(25-66-34)56(2)42(61)51-38)40(59)47-14-16-63-18-19-64-17-15-57-22-28(52-55-57)23-65-24-32-36(41(60)62-3)37(29-9-8-27(45)20-30(29)44)50-39(49-32)26-10-12-46-13-11-26/h8-13,20,22,31,33-34,37-38H,4-7,14-19,21,23-25H2,1-3H3,(H,47,59)(H,48,58)(H,49,50)(H,51,61)/t31-,33?,34-,37?,38-/m0/s1. The summed E-state index contributed by atoms with van der Waals surface area (Å²) in [7, 11) is 3.09. The number of fused-ring (bicyclic) bond motifs is 1. The van der Waals surface area contributed by atoms with Gasteiger partial charge in [0.25, 0.3) is 0 Å². The fraction of sp³-hybridized carbons (Fsp3) is 0.535. The summed E-state index contributed by atoms with van der Waals surface area (Å²) in [5.41, 5.74) is 1.51. The van der Waals surface area contributed by atoms with Gasteiger partial charge in [-0.05, 0) is 44.0 Å². The number of urea groups is 1. The highest BCUT2D eigenvalue weighted by atomic mass is 35.5. The van der Waals surface area contributed by atoms with Crippen molar-refractivity contribution in [3.05, 3.63) is 87.9 Å². The molecule has 3 aromatic rings. The largest absolute Gasteiger partial charge is 0.466 e. The van der Waals surface area contributed by atoms with Crippen molar-refractivity contribution in [2.45, 2.75) is 87.3 Å². The van der Waals surface area contributed by atoms with Gasteiger partial charge >= 0.3 is 12.0 Å². The molecule has 0 bridgehead atoms. The molecule has 0 saturated carbocycles. The summed E-state index contributed by atoms with van der Waals surface area (Å²) in [6.45, 7) is 3.66. The maximum absolute atomic E-state index is 14.0. The Balaban J connectivity index is 0.783. The number of amidine groups is 1. The van der Waals surface area contributed by atoms with Gasteiger partial charge in [-0.1, -0.05) is 29.3 Å². The van der Waals surface area contributed by atoms with Crippen molar-refractivity contribution in [3.63, 3.8) is 0 Å². The molecule has 4 aliphatic heterocycles. The smallest absolute Gasteiger partial charge is 0.338 e. The van der Waals surface area contributed by atoms with Crippen molar-refractivity contribution in [2.24, 2.45) is 15.2 Å². The van der Waals surface area contributed by atoms with Crippen LogP contribution in [0.4, 0.5) is 9.18 Å². The zero-order chi connectivity index (χ0) is 46.6. The minimum Gasteiger partial charge on any atom is -0.466 e. The molecule has 354 valence electrons. The molecule has 2 saturated heterocycles. The van der Waals surface area contributed by atoms with Gasteiger partial charge in [-0.25, -0.2) is 18.7 Å². The van der Waals surface area contributed by atoms with Crippen LogP contribution in [0.3, 0.4) is 0 Å². The van der Waals surface area contributed by atoms with Crippen molar-refractivity contribution in [3.8, 4) is 0 Å². The van der Waals surface area contributed by atoms with E-state index in [2.05, 4.69) is 46.8 Å². The van der Waals surface area contributed by atoms with Crippen LogP contribution in [0.2, 0.25) is 5.02 Å². The van der Waals surface area contributed by atoms with Crippen LogP contribution < -0.4 is 21.3 Å². The number of amides is 4. The summed E-state index contributed by atoms with van der Waals surface area (Å²) >= 11 is 8.32. The first-order valence-electron chi connectivity index (χ1n) is 21.7. The van der Waals surface area contributed by atoms with Crippen LogP contribution in [-0.4, -0.2) is 143 Å². The lowest BCUT2D eigenvalue weighted by Gasteiger charge is -2.28. The molecule has 7 rings (SSSR count). The van der Waals surface area contributed by atoms with Gasteiger partial charge in [-0.15, -0.1) is 5.10 Å². The average Bonchev–Trinajstić information content (AvgIpc) is 3.55. The zero-order valence-corrected chi connectivity index (χ0v) is 38.5. The Morgan fingerprint density at radius 3 is 2.61 bits per heavy atom. The average molecular weight is 953 g/mol. The number of aliphatic imine (C=N–C) groups is 1. The SMILES string of the molecule is COC(=O)C1=C(COCc2cn(CCOCCOCCNC(=O)[C@H](CC3(C)N=N3)NC(=O)CCCC[C@@H]3SCC4[C@@H]3NC(=O)N4C)nn2)NC(c2ccncc2)=NC1c1ccc(F)cc1Cl. The highest BCUT2D eigenvalue weighted by Gasteiger charge is 2.46. The van der Waals surface area contributed by atoms with Gasteiger partial charge < -0.3 is 45.1 Å². The van der Waals surface area contributed by atoms with Gasteiger partial charge in [0.2, 0.25) is 11.8 Å². The summed E-state index contributed by atoms with van der Waals surface area (Å²) in [4.78, 5) is 61.7. The normalized spacial score (nSPS) is 20.9. The van der Waals surface area contributed by atoms with Gasteiger partial charge in [0.15, 0.2) is 5.66 Å². The third-order valence-corrected chi connectivity index (χ3v) is 13.3. The molecule has 0 aliphatic carbocycles. The van der Waals surface area contributed by atoms with E-state index in [4.69, 9.17) is 35.5 Å². The lowest BCUT2D eigenvalue weighted by atomic mass is 9.95. The molecule has 0 spiro atoms. The van der Waals surface area contributed by atoms with E-state index in [-0.39, 0.29) is 73.3 Å². The third kappa shape index (κ3) is 12.9. The van der Waals surface area contributed by atoms with Gasteiger partial charge in [-0.3, -0.25) is 19.6 Å². The molecule has 4 N–H and O–H groups in total. The van der Waals surface area contributed by atoms with Crippen LogP contribution >= 0.6 is 23.4 Å². The molecule has 2 unspecified atom stereocenters. The van der Waals surface area contributed by atoms with Crippen molar-refractivity contribution in [1.29, 1.82) is 0 Å². The maximum atomic E-state index is 14.0. The van der Waals surface area contributed by atoms with Crippen LogP contribution in [-0.2, 0) is 46.5 Å². The summed E-state index contributed by atoms with van der Waals surface area (Å²) in [5, 5.41) is 28.8.